The molecule has 3 heteroatoms. The van der Waals surface area contributed by atoms with Gasteiger partial charge in [-0.25, -0.2) is 0 Å². The van der Waals surface area contributed by atoms with Gasteiger partial charge in [-0.05, 0) is 47.2 Å². The van der Waals surface area contributed by atoms with Crippen LogP contribution in [0.3, 0.4) is 0 Å². The van der Waals surface area contributed by atoms with Crippen molar-refractivity contribution in [1.29, 1.82) is 0 Å². The van der Waals surface area contributed by atoms with Crippen LogP contribution in [0.4, 0.5) is 5.69 Å². The topological polar surface area (TPSA) is 21.3 Å². The summed E-state index contributed by atoms with van der Waals surface area (Å²) in [5.74, 6) is 0.991. The van der Waals surface area contributed by atoms with Crippen molar-refractivity contribution < 1.29 is 4.74 Å². The van der Waals surface area contributed by atoms with Gasteiger partial charge in [0, 0.05) is 10.1 Å². The van der Waals surface area contributed by atoms with E-state index in [1.165, 1.54) is 9.13 Å². The smallest absolute Gasteiger partial charge is 0.143 e. The molecule has 2 rings (SSSR count). The monoisotopic (exact) mass is 275 g/mol. The predicted molar refractivity (Wildman–Crippen MR) is 57.9 cm³/mol. The molecule has 0 fully saturated rings. The molecule has 0 saturated carbocycles. The van der Waals surface area contributed by atoms with E-state index in [1.807, 2.05) is 0 Å². The standard InChI is InChI=1S/C9H10INO/c1-6-4-7(10)9-8(5-6)12-3-2-11-9/h4-5,11H,2-3H2,1H3. The highest BCUT2D eigenvalue weighted by molar-refractivity contribution is 14.1. The summed E-state index contributed by atoms with van der Waals surface area (Å²) >= 11 is 2.33. The van der Waals surface area contributed by atoms with Crippen molar-refractivity contribution in [3.8, 4) is 5.75 Å². The molecule has 0 aliphatic carbocycles. The van der Waals surface area contributed by atoms with Crippen molar-refractivity contribution >= 4 is 28.3 Å². The van der Waals surface area contributed by atoms with E-state index < -0.39 is 0 Å². The SMILES string of the molecule is Cc1cc(I)c2c(c1)OCCN2. The van der Waals surface area contributed by atoms with Gasteiger partial charge in [-0.2, -0.15) is 0 Å². The molecular formula is C9H10INO. The second-order valence-corrected chi connectivity index (χ2v) is 4.06. The quantitative estimate of drug-likeness (QED) is 0.734. The maximum Gasteiger partial charge on any atom is 0.143 e. The molecule has 64 valence electrons. The van der Waals surface area contributed by atoms with Gasteiger partial charge >= 0.3 is 0 Å². The van der Waals surface area contributed by atoms with Gasteiger partial charge < -0.3 is 10.1 Å². The zero-order valence-corrected chi connectivity index (χ0v) is 9.01. The molecule has 0 atom stereocenters. The molecule has 1 heterocycles. The van der Waals surface area contributed by atoms with Crippen molar-refractivity contribution in [3.05, 3.63) is 21.3 Å². The van der Waals surface area contributed by atoms with E-state index in [2.05, 4.69) is 47.0 Å². The third kappa shape index (κ3) is 1.37. The summed E-state index contributed by atoms with van der Waals surface area (Å²) in [6.45, 7) is 3.76. The second-order valence-electron chi connectivity index (χ2n) is 2.90. The van der Waals surface area contributed by atoms with Crippen LogP contribution in [-0.2, 0) is 0 Å². The number of benzene rings is 1. The van der Waals surface area contributed by atoms with E-state index in [4.69, 9.17) is 4.74 Å². The van der Waals surface area contributed by atoms with Crippen LogP contribution in [0, 0.1) is 10.5 Å². The van der Waals surface area contributed by atoms with Gasteiger partial charge in [0.05, 0.1) is 5.69 Å². The minimum Gasteiger partial charge on any atom is -0.490 e. The lowest BCUT2D eigenvalue weighted by Gasteiger charge is -2.20. The molecule has 0 spiro atoms. The summed E-state index contributed by atoms with van der Waals surface area (Å²) in [5.41, 5.74) is 2.40. The highest BCUT2D eigenvalue weighted by Gasteiger charge is 2.12. The fraction of sp³-hybridized carbons (Fsp3) is 0.333. The summed E-state index contributed by atoms with van der Waals surface area (Å²) in [7, 11) is 0. The van der Waals surface area contributed by atoms with Crippen LogP contribution < -0.4 is 10.1 Å². The number of fused-ring (bicyclic) bond motifs is 1. The van der Waals surface area contributed by atoms with E-state index >= 15 is 0 Å². The number of hydrogen-bond donors (Lipinski definition) is 1. The fourth-order valence-electron chi connectivity index (χ4n) is 1.33. The first-order chi connectivity index (χ1) is 5.77. The number of aryl methyl sites for hydroxylation is 1. The van der Waals surface area contributed by atoms with E-state index in [9.17, 15) is 0 Å². The normalized spacial score (nSPS) is 14.5. The molecule has 1 aliphatic heterocycles. The summed E-state index contributed by atoms with van der Waals surface area (Å²) in [6, 6.07) is 4.23. The number of hydrogen-bond acceptors (Lipinski definition) is 2. The zero-order chi connectivity index (χ0) is 8.55. The summed E-state index contributed by atoms with van der Waals surface area (Å²) in [6.07, 6.45) is 0. The minimum atomic E-state index is 0.770. The highest BCUT2D eigenvalue weighted by atomic mass is 127. The predicted octanol–water partition coefficient (Wildman–Crippen LogP) is 2.40. The molecule has 1 aromatic rings. The summed E-state index contributed by atoms with van der Waals surface area (Å²) < 4.78 is 6.76. The Morgan fingerprint density at radius 2 is 2.33 bits per heavy atom. The number of nitrogens with one attached hydrogen (secondary N) is 1. The molecule has 0 radical (unpaired) electrons. The average molecular weight is 275 g/mol. The van der Waals surface area contributed by atoms with Crippen molar-refractivity contribution in [2.75, 3.05) is 18.5 Å². The maximum atomic E-state index is 5.52. The Kier molecular flexibility index (Phi) is 2.12. The number of halogens is 1. The third-order valence-electron chi connectivity index (χ3n) is 1.86. The van der Waals surface area contributed by atoms with Gasteiger partial charge in [0.2, 0.25) is 0 Å². The van der Waals surface area contributed by atoms with Gasteiger partial charge in [0.15, 0.2) is 0 Å². The van der Waals surface area contributed by atoms with Crippen LogP contribution in [-0.4, -0.2) is 13.2 Å². The van der Waals surface area contributed by atoms with E-state index in [-0.39, 0.29) is 0 Å². The van der Waals surface area contributed by atoms with Gasteiger partial charge in [-0.1, -0.05) is 0 Å². The molecule has 0 saturated heterocycles. The van der Waals surface area contributed by atoms with Crippen LogP contribution in [0.1, 0.15) is 5.56 Å². The number of ether oxygens (including phenoxy) is 1. The lowest BCUT2D eigenvalue weighted by molar-refractivity contribution is 0.323. The second kappa shape index (κ2) is 3.12. The minimum absolute atomic E-state index is 0.770. The molecule has 0 bridgehead atoms. The van der Waals surface area contributed by atoms with Gasteiger partial charge in [-0.15, -0.1) is 0 Å². The number of anilines is 1. The fourth-order valence-corrected chi connectivity index (χ4v) is 2.28. The van der Waals surface area contributed by atoms with Crippen LogP contribution >= 0.6 is 22.6 Å². The van der Waals surface area contributed by atoms with Crippen molar-refractivity contribution in [2.24, 2.45) is 0 Å². The van der Waals surface area contributed by atoms with Crippen molar-refractivity contribution in [3.63, 3.8) is 0 Å². The Bertz CT molecular complexity index is 312. The van der Waals surface area contributed by atoms with Crippen LogP contribution in [0.15, 0.2) is 12.1 Å². The third-order valence-corrected chi connectivity index (χ3v) is 2.71. The Morgan fingerprint density at radius 1 is 1.50 bits per heavy atom. The Hall–Kier alpha value is -0.450. The zero-order valence-electron chi connectivity index (χ0n) is 6.86. The molecule has 0 amide bonds. The molecule has 1 N–H and O–H groups in total. The molecule has 12 heavy (non-hydrogen) atoms. The van der Waals surface area contributed by atoms with Crippen LogP contribution in [0.2, 0.25) is 0 Å². The van der Waals surface area contributed by atoms with Gasteiger partial charge in [0.1, 0.15) is 12.4 Å². The molecule has 1 aliphatic rings. The van der Waals surface area contributed by atoms with Crippen molar-refractivity contribution in [1.82, 2.24) is 0 Å². The lowest BCUT2D eigenvalue weighted by atomic mass is 10.2. The first kappa shape index (κ1) is 8.16. The Morgan fingerprint density at radius 3 is 3.17 bits per heavy atom. The highest BCUT2D eigenvalue weighted by Crippen LogP contribution is 2.32. The first-order valence-corrected chi connectivity index (χ1v) is 5.02. The Balaban J connectivity index is 2.53. The Labute approximate surface area is 85.4 Å². The van der Waals surface area contributed by atoms with E-state index in [1.54, 1.807) is 0 Å². The van der Waals surface area contributed by atoms with Gasteiger partial charge in [0.25, 0.3) is 0 Å². The molecule has 1 aromatic carbocycles. The average Bonchev–Trinajstić information content (AvgIpc) is 2.04. The first-order valence-electron chi connectivity index (χ1n) is 3.94. The largest absolute Gasteiger partial charge is 0.490 e. The molecular weight excluding hydrogens is 265 g/mol. The van der Waals surface area contributed by atoms with Gasteiger partial charge in [-0.3, -0.25) is 0 Å². The molecule has 0 unspecified atom stereocenters. The maximum absolute atomic E-state index is 5.52. The molecule has 0 aromatic heterocycles. The lowest BCUT2D eigenvalue weighted by Crippen LogP contribution is -2.18. The van der Waals surface area contributed by atoms with E-state index in [0.717, 1.165) is 24.6 Å². The van der Waals surface area contributed by atoms with Crippen LogP contribution in [0.5, 0.6) is 5.75 Å². The van der Waals surface area contributed by atoms with Crippen molar-refractivity contribution in [2.45, 2.75) is 6.92 Å². The van der Waals surface area contributed by atoms with Crippen LogP contribution in [0.25, 0.3) is 0 Å². The number of rotatable bonds is 0. The van der Waals surface area contributed by atoms with E-state index in [0.29, 0.717) is 0 Å². The molecule has 2 nitrogen and oxygen atoms in total. The summed E-state index contributed by atoms with van der Waals surface area (Å²) in [4.78, 5) is 0. The summed E-state index contributed by atoms with van der Waals surface area (Å²) in [5, 5.41) is 3.33.